The van der Waals surface area contributed by atoms with Crippen molar-refractivity contribution in [1.29, 1.82) is 0 Å². The first-order valence-corrected chi connectivity index (χ1v) is 4.47. The summed E-state index contributed by atoms with van der Waals surface area (Å²) in [5.41, 5.74) is -0.493. The van der Waals surface area contributed by atoms with Crippen molar-refractivity contribution in [3.05, 3.63) is 0 Å². The number of aliphatic hydroxyl groups is 1. The molecule has 0 aromatic carbocycles. The van der Waals surface area contributed by atoms with Crippen LogP contribution in [0.3, 0.4) is 0 Å². The van der Waals surface area contributed by atoms with Crippen molar-refractivity contribution >= 4 is 0 Å². The highest BCUT2D eigenvalue weighted by molar-refractivity contribution is 4.80. The SMILES string of the molecule is CCOC(CCO)(COC)COC. The first-order valence-electron chi connectivity index (χ1n) is 4.47. The Kier molecular flexibility index (Phi) is 7.17. The third-order valence-corrected chi connectivity index (χ3v) is 1.83. The zero-order chi connectivity index (χ0) is 10.2. The van der Waals surface area contributed by atoms with E-state index >= 15 is 0 Å². The summed E-state index contributed by atoms with van der Waals surface area (Å²) < 4.78 is 15.6. The lowest BCUT2D eigenvalue weighted by Crippen LogP contribution is -2.43. The molecule has 0 aliphatic heterocycles. The van der Waals surface area contributed by atoms with Crippen molar-refractivity contribution < 1.29 is 19.3 Å². The van der Waals surface area contributed by atoms with E-state index in [-0.39, 0.29) is 6.61 Å². The molecule has 4 heteroatoms. The van der Waals surface area contributed by atoms with Gasteiger partial charge in [0, 0.05) is 33.9 Å². The summed E-state index contributed by atoms with van der Waals surface area (Å²) in [6.45, 7) is 3.46. The van der Waals surface area contributed by atoms with Crippen molar-refractivity contribution in [3.8, 4) is 0 Å². The fourth-order valence-corrected chi connectivity index (χ4v) is 1.38. The number of aliphatic hydroxyl groups excluding tert-OH is 1. The Balaban J connectivity index is 4.19. The third kappa shape index (κ3) is 4.57. The number of hydrogen-bond acceptors (Lipinski definition) is 4. The van der Waals surface area contributed by atoms with Gasteiger partial charge < -0.3 is 19.3 Å². The zero-order valence-electron chi connectivity index (χ0n) is 8.71. The largest absolute Gasteiger partial charge is 0.396 e. The molecule has 0 atom stereocenters. The quantitative estimate of drug-likeness (QED) is 0.606. The summed E-state index contributed by atoms with van der Waals surface area (Å²) in [5, 5.41) is 8.89. The molecule has 80 valence electrons. The molecule has 0 rings (SSSR count). The minimum absolute atomic E-state index is 0.0761. The van der Waals surface area contributed by atoms with E-state index in [1.165, 1.54) is 0 Å². The number of ether oxygens (including phenoxy) is 3. The van der Waals surface area contributed by atoms with Crippen LogP contribution in [0.15, 0.2) is 0 Å². The second-order valence-corrected chi connectivity index (χ2v) is 2.96. The van der Waals surface area contributed by atoms with E-state index < -0.39 is 5.60 Å². The standard InChI is InChI=1S/C9H20O4/c1-4-13-9(5-6-10,7-11-2)8-12-3/h10H,4-8H2,1-3H3. The smallest absolute Gasteiger partial charge is 0.117 e. The van der Waals surface area contributed by atoms with E-state index in [0.717, 1.165) is 0 Å². The van der Waals surface area contributed by atoms with Gasteiger partial charge in [0.2, 0.25) is 0 Å². The van der Waals surface area contributed by atoms with Gasteiger partial charge in [0.15, 0.2) is 0 Å². The van der Waals surface area contributed by atoms with Gasteiger partial charge in [-0.05, 0) is 6.92 Å². The highest BCUT2D eigenvalue weighted by Gasteiger charge is 2.30. The summed E-state index contributed by atoms with van der Waals surface area (Å²) in [6, 6.07) is 0. The third-order valence-electron chi connectivity index (χ3n) is 1.83. The van der Waals surface area contributed by atoms with Crippen LogP contribution < -0.4 is 0 Å². The lowest BCUT2D eigenvalue weighted by molar-refractivity contribution is -0.129. The van der Waals surface area contributed by atoms with Crippen LogP contribution in [-0.2, 0) is 14.2 Å². The van der Waals surface area contributed by atoms with Gasteiger partial charge in [0.05, 0.1) is 13.2 Å². The molecule has 4 nitrogen and oxygen atoms in total. The molecule has 0 bridgehead atoms. The van der Waals surface area contributed by atoms with Crippen molar-refractivity contribution in [1.82, 2.24) is 0 Å². The van der Waals surface area contributed by atoms with Gasteiger partial charge in [-0.25, -0.2) is 0 Å². The summed E-state index contributed by atoms with van der Waals surface area (Å²) >= 11 is 0. The van der Waals surface area contributed by atoms with Crippen LogP contribution in [0.5, 0.6) is 0 Å². The highest BCUT2D eigenvalue weighted by atomic mass is 16.6. The minimum Gasteiger partial charge on any atom is -0.396 e. The van der Waals surface area contributed by atoms with Gasteiger partial charge in [0.25, 0.3) is 0 Å². The minimum atomic E-state index is -0.493. The van der Waals surface area contributed by atoms with Gasteiger partial charge >= 0.3 is 0 Å². The molecule has 1 N–H and O–H groups in total. The summed E-state index contributed by atoms with van der Waals surface area (Å²) in [4.78, 5) is 0. The van der Waals surface area contributed by atoms with E-state index in [1.54, 1.807) is 14.2 Å². The fraction of sp³-hybridized carbons (Fsp3) is 1.00. The molecule has 0 aliphatic rings. The predicted molar refractivity (Wildman–Crippen MR) is 49.8 cm³/mol. The number of hydrogen-bond donors (Lipinski definition) is 1. The van der Waals surface area contributed by atoms with E-state index in [2.05, 4.69) is 0 Å². The van der Waals surface area contributed by atoms with Gasteiger partial charge in [-0.1, -0.05) is 0 Å². The molecule has 0 saturated heterocycles. The molecular weight excluding hydrogens is 172 g/mol. The normalized spacial score (nSPS) is 12.0. The lowest BCUT2D eigenvalue weighted by Gasteiger charge is -2.31. The van der Waals surface area contributed by atoms with Crippen molar-refractivity contribution in [2.45, 2.75) is 18.9 Å². The topological polar surface area (TPSA) is 47.9 Å². The number of methoxy groups -OCH3 is 2. The fourth-order valence-electron chi connectivity index (χ4n) is 1.38. The molecule has 0 radical (unpaired) electrons. The van der Waals surface area contributed by atoms with Gasteiger partial charge in [-0.2, -0.15) is 0 Å². The van der Waals surface area contributed by atoms with Gasteiger partial charge in [-0.15, -0.1) is 0 Å². The summed E-state index contributed by atoms with van der Waals surface area (Å²) in [6.07, 6.45) is 0.530. The molecule has 0 saturated carbocycles. The average molecular weight is 192 g/mol. The molecule has 0 heterocycles. The second-order valence-electron chi connectivity index (χ2n) is 2.96. The van der Waals surface area contributed by atoms with E-state index in [0.29, 0.717) is 26.2 Å². The van der Waals surface area contributed by atoms with Crippen LogP contribution in [0, 0.1) is 0 Å². The Morgan fingerprint density at radius 1 is 1.15 bits per heavy atom. The van der Waals surface area contributed by atoms with Crippen LogP contribution in [0.2, 0.25) is 0 Å². The Bertz CT molecular complexity index is 86.7. The van der Waals surface area contributed by atoms with Crippen molar-refractivity contribution in [2.24, 2.45) is 0 Å². The maximum absolute atomic E-state index is 8.89. The molecular formula is C9H20O4. The predicted octanol–water partition coefficient (Wildman–Crippen LogP) is 0.437. The Morgan fingerprint density at radius 2 is 1.69 bits per heavy atom. The molecule has 0 fully saturated rings. The average Bonchev–Trinajstić information content (AvgIpc) is 2.06. The van der Waals surface area contributed by atoms with Gasteiger partial charge in [0.1, 0.15) is 5.60 Å². The Morgan fingerprint density at radius 3 is 2.00 bits per heavy atom. The van der Waals surface area contributed by atoms with Crippen LogP contribution in [0.25, 0.3) is 0 Å². The Labute approximate surface area is 79.8 Å². The zero-order valence-corrected chi connectivity index (χ0v) is 8.71. The van der Waals surface area contributed by atoms with Crippen LogP contribution >= 0.6 is 0 Å². The number of rotatable bonds is 8. The molecule has 0 spiro atoms. The van der Waals surface area contributed by atoms with E-state index in [9.17, 15) is 0 Å². The van der Waals surface area contributed by atoms with Gasteiger partial charge in [-0.3, -0.25) is 0 Å². The highest BCUT2D eigenvalue weighted by Crippen LogP contribution is 2.16. The molecule has 0 unspecified atom stereocenters. The van der Waals surface area contributed by atoms with Crippen LogP contribution in [0.4, 0.5) is 0 Å². The maximum atomic E-state index is 8.89. The van der Waals surface area contributed by atoms with E-state index in [4.69, 9.17) is 19.3 Å². The van der Waals surface area contributed by atoms with E-state index in [1.807, 2.05) is 6.92 Å². The first kappa shape index (κ1) is 12.8. The molecule has 0 aliphatic carbocycles. The monoisotopic (exact) mass is 192 g/mol. The molecule has 0 aromatic heterocycles. The van der Waals surface area contributed by atoms with Crippen LogP contribution in [-0.4, -0.2) is 51.4 Å². The second kappa shape index (κ2) is 7.26. The first-order chi connectivity index (χ1) is 6.24. The maximum Gasteiger partial charge on any atom is 0.117 e. The van der Waals surface area contributed by atoms with Crippen LogP contribution in [0.1, 0.15) is 13.3 Å². The molecule has 0 amide bonds. The van der Waals surface area contributed by atoms with Crippen molar-refractivity contribution in [3.63, 3.8) is 0 Å². The molecule has 0 aromatic rings. The summed E-state index contributed by atoms with van der Waals surface area (Å²) in [5.74, 6) is 0. The molecule has 13 heavy (non-hydrogen) atoms. The Hall–Kier alpha value is -0.160. The lowest BCUT2D eigenvalue weighted by atomic mass is 10.0. The summed E-state index contributed by atoms with van der Waals surface area (Å²) in [7, 11) is 3.22. The van der Waals surface area contributed by atoms with Crippen molar-refractivity contribution in [2.75, 3.05) is 40.6 Å².